The summed E-state index contributed by atoms with van der Waals surface area (Å²) in [7, 11) is 2.14. The molecular formula is C22H26N4O2. The number of aliphatic hydroxyl groups excluding tert-OH is 1. The van der Waals surface area contributed by atoms with Crippen molar-refractivity contribution >= 4 is 16.6 Å². The molecule has 1 fully saturated rings. The molecule has 6 heteroatoms. The van der Waals surface area contributed by atoms with Gasteiger partial charge in [-0.3, -0.25) is 0 Å². The van der Waals surface area contributed by atoms with Gasteiger partial charge in [-0.25, -0.2) is 0 Å². The highest BCUT2D eigenvalue weighted by Crippen LogP contribution is 2.36. The smallest absolute Gasteiger partial charge is 0.156 e. The Kier molecular flexibility index (Phi) is 5.15. The molecule has 4 rings (SSSR count). The third-order valence-electron chi connectivity index (χ3n) is 5.41. The van der Waals surface area contributed by atoms with Gasteiger partial charge in [0.2, 0.25) is 0 Å². The fourth-order valence-electron chi connectivity index (χ4n) is 3.90. The Morgan fingerprint density at radius 2 is 1.93 bits per heavy atom. The van der Waals surface area contributed by atoms with Crippen LogP contribution in [0.15, 0.2) is 42.5 Å². The van der Waals surface area contributed by atoms with E-state index in [4.69, 9.17) is 0 Å². The summed E-state index contributed by atoms with van der Waals surface area (Å²) in [4.78, 5) is 2.33. The van der Waals surface area contributed by atoms with Gasteiger partial charge >= 0.3 is 0 Å². The number of nitrogens with zero attached hydrogens (tertiary/aromatic N) is 3. The van der Waals surface area contributed by atoms with E-state index in [9.17, 15) is 10.2 Å². The maximum Gasteiger partial charge on any atom is 0.156 e. The van der Waals surface area contributed by atoms with Gasteiger partial charge < -0.3 is 20.4 Å². The van der Waals surface area contributed by atoms with Gasteiger partial charge in [-0.05, 0) is 51.1 Å². The first-order valence-electron chi connectivity index (χ1n) is 9.75. The second-order valence-corrected chi connectivity index (χ2v) is 7.64. The molecule has 0 saturated carbocycles. The Morgan fingerprint density at radius 1 is 1.14 bits per heavy atom. The van der Waals surface area contributed by atoms with E-state index in [1.807, 2.05) is 24.3 Å². The first-order chi connectivity index (χ1) is 13.5. The summed E-state index contributed by atoms with van der Waals surface area (Å²) in [6.07, 6.45) is 1.65. The Labute approximate surface area is 164 Å². The van der Waals surface area contributed by atoms with Gasteiger partial charge in [-0.1, -0.05) is 30.3 Å². The molecule has 1 saturated heterocycles. The fourth-order valence-corrected chi connectivity index (χ4v) is 3.90. The van der Waals surface area contributed by atoms with Crippen LogP contribution in [0.1, 0.15) is 31.4 Å². The third kappa shape index (κ3) is 3.66. The van der Waals surface area contributed by atoms with Crippen molar-refractivity contribution in [1.29, 1.82) is 0 Å². The topological polar surface area (TPSA) is 81.5 Å². The summed E-state index contributed by atoms with van der Waals surface area (Å²) in [6.45, 7) is 3.79. The van der Waals surface area contributed by atoms with Crippen LogP contribution in [0.3, 0.4) is 0 Å². The summed E-state index contributed by atoms with van der Waals surface area (Å²) < 4.78 is 0. The molecule has 3 N–H and O–H groups in total. The highest BCUT2D eigenvalue weighted by atomic mass is 16.3. The minimum atomic E-state index is -0.636. The number of likely N-dealkylation sites (N-methyl/N-ethyl adjacent to an activating group) is 1. The van der Waals surface area contributed by atoms with Crippen LogP contribution < -0.4 is 5.32 Å². The predicted octanol–water partition coefficient (Wildman–Crippen LogP) is 3.56. The van der Waals surface area contributed by atoms with Gasteiger partial charge in [0.05, 0.1) is 6.10 Å². The van der Waals surface area contributed by atoms with E-state index in [1.165, 1.54) is 6.42 Å². The molecule has 0 radical (unpaired) electrons. The molecule has 1 unspecified atom stereocenters. The second-order valence-electron chi connectivity index (χ2n) is 7.64. The largest absolute Gasteiger partial charge is 0.507 e. The zero-order valence-corrected chi connectivity index (χ0v) is 16.3. The van der Waals surface area contributed by atoms with Crippen molar-refractivity contribution in [1.82, 2.24) is 15.1 Å². The number of likely N-dealkylation sites (tertiary alicyclic amines) is 1. The summed E-state index contributed by atoms with van der Waals surface area (Å²) in [5.74, 6) is 0.868. The number of phenolic OH excluding ortho intramolecular Hbond substituents is 1. The van der Waals surface area contributed by atoms with Crippen LogP contribution in [0.5, 0.6) is 5.75 Å². The highest BCUT2D eigenvalue weighted by Gasteiger charge is 2.20. The molecule has 1 aromatic heterocycles. The molecule has 0 aliphatic carbocycles. The predicted molar refractivity (Wildman–Crippen MR) is 111 cm³/mol. The van der Waals surface area contributed by atoms with Crippen molar-refractivity contribution in [2.45, 2.75) is 31.9 Å². The standard InChI is InChI=1S/C22H26N4O2/c1-14(27)15-9-10-19(20(28)12-15)21-17-7-3-4-8-18(17)22(25-24-21)23-16-6-5-11-26(2)13-16/h3-4,7-10,12,14,16,27-28H,5-6,11,13H2,1-2H3,(H,23,25)/t14?,16-/m1/s1. The summed E-state index contributed by atoms with van der Waals surface area (Å²) in [5.41, 5.74) is 1.91. The Balaban J connectivity index is 1.74. The average molecular weight is 378 g/mol. The lowest BCUT2D eigenvalue weighted by Crippen LogP contribution is -2.40. The monoisotopic (exact) mass is 378 g/mol. The van der Waals surface area contributed by atoms with Crippen LogP contribution in [-0.4, -0.2) is 51.5 Å². The van der Waals surface area contributed by atoms with E-state index in [2.05, 4.69) is 27.5 Å². The number of phenols is 1. The Hall–Kier alpha value is -2.70. The SMILES string of the molecule is CC(O)c1ccc(-c2nnc(N[C@@H]3CCCN(C)C3)c3ccccc23)c(O)c1. The van der Waals surface area contributed by atoms with Gasteiger partial charge in [0, 0.05) is 28.9 Å². The van der Waals surface area contributed by atoms with Crippen LogP contribution in [0, 0.1) is 0 Å². The number of fused-ring (bicyclic) bond motifs is 1. The summed E-state index contributed by atoms with van der Waals surface area (Å²) >= 11 is 0. The minimum Gasteiger partial charge on any atom is -0.507 e. The number of piperidine rings is 1. The maximum atomic E-state index is 10.5. The second kappa shape index (κ2) is 7.73. The first-order valence-corrected chi connectivity index (χ1v) is 9.75. The zero-order valence-electron chi connectivity index (χ0n) is 16.3. The number of hydrogen-bond donors (Lipinski definition) is 3. The number of nitrogens with one attached hydrogen (secondary N) is 1. The van der Waals surface area contributed by atoms with Crippen LogP contribution >= 0.6 is 0 Å². The van der Waals surface area contributed by atoms with E-state index >= 15 is 0 Å². The Morgan fingerprint density at radius 3 is 2.64 bits per heavy atom. The van der Waals surface area contributed by atoms with Gasteiger partial charge in [0.1, 0.15) is 11.4 Å². The van der Waals surface area contributed by atoms with Crippen LogP contribution in [0.4, 0.5) is 5.82 Å². The van der Waals surface area contributed by atoms with Crippen LogP contribution in [-0.2, 0) is 0 Å². The third-order valence-corrected chi connectivity index (χ3v) is 5.41. The number of aromatic nitrogens is 2. The lowest BCUT2D eigenvalue weighted by molar-refractivity contribution is 0.199. The van der Waals surface area contributed by atoms with E-state index in [0.717, 1.165) is 36.1 Å². The molecular weight excluding hydrogens is 352 g/mol. The molecule has 6 nitrogen and oxygen atoms in total. The molecule has 3 aromatic rings. The normalized spacial score (nSPS) is 18.9. The quantitative estimate of drug-likeness (QED) is 0.644. The van der Waals surface area contributed by atoms with E-state index < -0.39 is 6.10 Å². The molecule has 1 aliphatic heterocycles. The van der Waals surface area contributed by atoms with Gasteiger partial charge in [-0.15, -0.1) is 10.2 Å². The zero-order chi connectivity index (χ0) is 19.7. The first kappa shape index (κ1) is 18.7. The molecule has 2 aromatic carbocycles. The van der Waals surface area contributed by atoms with Gasteiger partial charge in [0.25, 0.3) is 0 Å². The number of hydrogen-bond acceptors (Lipinski definition) is 6. The van der Waals surface area contributed by atoms with E-state index in [-0.39, 0.29) is 5.75 Å². The van der Waals surface area contributed by atoms with Crippen molar-refractivity contribution < 1.29 is 10.2 Å². The van der Waals surface area contributed by atoms with Crippen LogP contribution in [0.2, 0.25) is 0 Å². The lowest BCUT2D eigenvalue weighted by Gasteiger charge is -2.30. The summed E-state index contributed by atoms with van der Waals surface area (Å²) in [6, 6.07) is 13.5. The number of aliphatic hydroxyl groups is 1. The van der Waals surface area contributed by atoms with Crippen molar-refractivity contribution in [2.75, 3.05) is 25.5 Å². The van der Waals surface area contributed by atoms with E-state index in [1.54, 1.807) is 25.1 Å². The number of rotatable bonds is 4. The highest BCUT2D eigenvalue weighted by molar-refractivity contribution is 6.00. The maximum absolute atomic E-state index is 10.5. The van der Waals surface area contributed by atoms with Crippen molar-refractivity contribution in [3.05, 3.63) is 48.0 Å². The summed E-state index contributed by atoms with van der Waals surface area (Å²) in [5, 5.41) is 34.6. The van der Waals surface area contributed by atoms with E-state index in [0.29, 0.717) is 22.9 Å². The molecule has 0 amide bonds. The Bertz CT molecular complexity index is 989. The molecule has 2 atom stereocenters. The number of aromatic hydroxyl groups is 1. The number of benzene rings is 2. The minimum absolute atomic E-state index is 0.0902. The average Bonchev–Trinajstić information content (AvgIpc) is 2.68. The molecule has 146 valence electrons. The molecule has 1 aliphatic rings. The van der Waals surface area contributed by atoms with Gasteiger partial charge in [-0.2, -0.15) is 0 Å². The lowest BCUT2D eigenvalue weighted by atomic mass is 10.0. The molecule has 2 heterocycles. The van der Waals surface area contributed by atoms with Crippen LogP contribution in [0.25, 0.3) is 22.0 Å². The number of anilines is 1. The molecule has 28 heavy (non-hydrogen) atoms. The fraction of sp³-hybridized carbons (Fsp3) is 0.364. The molecule has 0 bridgehead atoms. The van der Waals surface area contributed by atoms with Gasteiger partial charge in [0.15, 0.2) is 5.82 Å². The van der Waals surface area contributed by atoms with Crippen molar-refractivity contribution in [3.8, 4) is 17.0 Å². The molecule has 0 spiro atoms. The van der Waals surface area contributed by atoms with Crippen molar-refractivity contribution in [2.24, 2.45) is 0 Å². The van der Waals surface area contributed by atoms with Crippen molar-refractivity contribution in [3.63, 3.8) is 0 Å².